The van der Waals surface area contributed by atoms with Crippen LogP contribution in [-0.2, 0) is 14.8 Å². The first-order valence-corrected chi connectivity index (χ1v) is 9.13. The maximum Gasteiger partial charge on any atom is 0.340 e. The van der Waals surface area contributed by atoms with Crippen molar-refractivity contribution in [1.82, 2.24) is 0 Å². The number of carbonyl (C=O) groups excluding carboxylic acids is 1. The highest BCUT2D eigenvalue weighted by Crippen LogP contribution is 2.30. The topological polar surface area (TPSA) is 107 Å². The minimum Gasteiger partial charge on any atom is -0.465 e. The lowest BCUT2D eigenvalue weighted by atomic mass is 10.2. The van der Waals surface area contributed by atoms with Crippen molar-refractivity contribution >= 4 is 27.4 Å². The number of hydrogen-bond donors (Lipinski definition) is 0. The summed E-state index contributed by atoms with van der Waals surface area (Å²) in [5, 5.41) is 11.0. The number of nitro groups is 1. The molecular formula is C17H18N2O6S. The monoisotopic (exact) mass is 378 g/mol. The Kier molecular flexibility index (Phi) is 5.61. The van der Waals surface area contributed by atoms with Crippen molar-refractivity contribution < 1.29 is 22.9 Å². The number of aryl methyl sites for hydroxylation is 1. The molecule has 0 radical (unpaired) electrons. The quantitative estimate of drug-likeness (QED) is 0.435. The summed E-state index contributed by atoms with van der Waals surface area (Å²) in [6.07, 6.45) is 0. The van der Waals surface area contributed by atoms with Crippen LogP contribution < -0.4 is 4.31 Å². The summed E-state index contributed by atoms with van der Waals surface area (Å²) in [5.74, 6) is -0.676. The molecule has 0 spiro atoms. The van der Waals surface area contributed by atoms with Crippen LogP contribution in [0, 0.1) is 17.0 Å². The molecular weight excluding hydrogens is 360 g/mol. The molecule has 0 amide bonds. The summed E-state index contributed by atoms with van der Waals surface area (Å²) >= 11 is 0. The Morgan fingerprint density at radius 1 is 1.23 bits per heavy atom. The fourth-order valence-electron chi connectivity index (χ4n) is 2.54. The zero-order chi connectivity index (χ0) is 19.5. The highest BCUT2D eigenvalue weighted by atomic mass is 32.2. The highest BCUT2D eigenvalue weighted by Gasteiger charge is 2.30. The Morgan fingerprint density at radius 3 is 2.46 bits per heavy atom. The second-order valence-electron chi connectivity index (χ2n) is 5.39. The van der Waals surface area contributed by atoms with Gasteiger partial charge in [0.1, 0.15) is 0 Å². The normalized spacial score (nSPS) is 11.0. The summed E-state index contributed by atoms with van der Waals surface area (Å²) in [4.78, 5) is 22.2. The second-order valence-corrected chi connectivity index (χ2v) is 7.22. The van der Waals surface area contributed by atoms with E-state index in [-0.39, 0.29) is 28.4 Å². The average molecular weight is 378 g/mol. The van der Waals surface area contributed by atoms with E-state index < -0.39 is 20.9 Å². The molecule has 0 N–H and O–H groups in total. The van der Waals surface area contributed by atoms with Crippen LogP contribution in [0.15, 0.2) is 47.4 Å². The molecule has 0 fully saturated rings. The van der Waals surface area contributed by atoms with E-state index in [2.05, 4.69) is 0 Å². The number of methoxy groups -OCH3 is 1. The molecule has 8 nitrogen and oxygen atoms in total. The molecule has 26 heavy (non-hydrogen) atoms. The van der Waals surface area contributed by atoms with Gasteiger partial charge < -0.3 is 4.74 Å². The van der Waals surface area contributed by atoms with Gasteiger partial charge in [-0.15, -0.1) is 0 Å². The van der Waals surface area contributed by atoms with Crippen LogP contribution >= 0.6 is 0 Å². The van der Waals surface area contributed by atoms with Crippen molar-refractivity contribution in [1.29, 1.82) is 0 Å². The van der Waals surface area contributed by atoms with Crippen molar-refractivity contribution in [2.75, 3.05) is 18.0 Å². The number of benzene rings is 2. The smallest absolute Gasteiger partial charge is 0.340 e. The van der Waals surface area contributed by atoms with Gasteiger partial charge in [-0.1, -0.05) is 18.2 Å². The van der Waals surface area contributed by atoms with E-state index in [1.165, 1.54) is 31.4 Å². The van der Waals surface area contributed by atoms with Crippen LogP contribution in [0.25, 0.3) is 0 Å². The molecule has 0 heterocycles. The number of anilines is 1. The van der Waals surface area contributed by atoms with Crippen LogP contribution in [0.2, 0.25) is 0 Å². The Bertz CT molecular complexity index is 955. The van der Waals surface area contributed by atoms with Crippen LogP contribution in [0.4, 0.5) is 11.4 Å². The van der Waals surface area contributed by atoms with E-state index in [4.69, 9.17) is 4.74 Å². The molecule has 0 aromatic heterocycles. The number of esters is 1. The standard InChI is InChI=1S/C17H18N2O6S/c1-4-18(15-8-6-5-7-14(15)17(20)25-3)26(23,24)16-11-13(19(21)22)10-9-12(16)2/h5-11H,4H2,1-3H3. The van der Waals surface area contributed by atoms with Crippen LogP contribution in [0.1, 0.15) is 22.8 Å². The number of sulfonamides is 1. The third-order valence-electron chi connectivity index (χ3n) is 3.82. The third kappa shape index (κ3) is 3.52. The van der Waals surface area contributed by atoms with Gasteiger partial charge in [0.25, 0.3) is 15.7 Å². The Labute approximate surface area is 151 Å². The summed E-state index contributed by atoms with van der Waals surface area (Å²) in [5.41, 5.74) is 0.271. The fourth-order valence-corrected chi connectivity index (χ4v) is 4.28. The van der Waals surface area contributed by atoms with Crippen molar-refractivity contribution in [3.63, 3.8) is 0 Å². The molecule has 0 saturated carbocycles. The van der Waals surface area contributed by atoms with Crippen molar-refractivity contribution in [3.8, 4) is 0 Å². The molecule has 0 aliphatic heterocycles. The number of rotatable bonds is 6. The zero-order valence-corrected chi connectivity index (χ0v) is 15.3. The molecule has 138 valence electrons. The predicted octanol–water partition coefficient (Wildman–Crippen LogP) is 2.91. The predicted molar refractivity (Wildman–Crippen MR) is 95.8 cm³/mol. The van der Waals surface area contributed by atoms with Gasteiger partial charge in [0.2, 0.25) is 0 Å². The van der Waals surface area contributed by atoms with Gasteiger partial charge in [-0.2, -0.15) is 0 Å². The second kappa shape index (κ2) is 7.52. The molecule has 2 rings (SSSR count). The lowest BCUT2D eigenvalue weighted by molar-refractivity contribution is -0.385. The number of nitro benzene ring substituents is 1. The van der Waals surface area contributed by atoms with Gasteiger partial charge in [-0.25, -0.2) is 13.2 Å². The number of nitrogens with zero attached hydrogens (tertiary/aromatic N) is 2. The number of ether oxygens (including phenoxy) is 1. The van der Waals surface area contributed by atoms with Crippen LogP contribution in [0.5, 0.6) is 0 Å². The molecule has 2 aromatic rings. The molecule has 0 unspecified atom stereocenters. The third-order valence-corrected chi connectivity index (χ3v) is 5.85. The Morgan fingerprint density at radius 2 is 1.88 bits per heavy atom. The van der Waals surface area contributed by atoms with Crippen molar-refractivity contribution in [2.24, 2.45) is 0 Å². The van der Waals surface area contributed by atoms with Crippen LogP contribution in [-0.4, -0.2) is 33.0 Å². The highest BCUT2D eigenvalue weighted by molar-refractivity contribution is 7.92. The average Bonchev–Trinajstić information content (AvgIpc) is 2.61. The lowest BCUT2D eigenvalue weighted by Crippen LogP contribution is -2.32. The number of para-hydroxylation sites is 1. The number of carbonyl (C=O) groups is 1. The molecule has 0 saturated heterocycles. The van der Waals surface area contributed by atoms with E-state index in [1.807, 2.05) is 0 Å². The molecule has 9 heteroatoms. The summed E-state index contributed by atoms with van der Waals surface area (Å²) in [6.45, 7) is 3.19. The molecule has 0 bridgehead atoms. The Balaban J connectivity index is 2.67. The fraction of sp³-hybridized carbons (Fsp3) is 0.235. The number of hydrogen-bond acceptors (Lipinski definition) is 6. The first kappa shape index (κ1) is 19.4. The summed E-state index contributed by atoms with van der Waals surface area (Å²) in [6, 6.07) is 9.78. The molecule has 0 aliphatic carbocycles. The van der Waals surface area contributed by atoms with Crippen molar-refractivity contribution in [3.05, 3.63) is 63.7 Å². The first-order chi connectivity index (χ1) is 12.2. The van der Waals surface area contributed by atoms with E-state index in [9.17, 15) is 23.3 Å². The Hall–Kier alpha value is -2.94. The van der Waals surface area contributed by atoms with E-state index in [0.29, 0.717) is 5.56 Å². The largest absolute Gasteiger partial charge is 0.465 e. The lowest BCUT2D eigenvalue weighted by Gasteiger charge is -2.25. The van der Waals surface area contributed by atoms with Gasteiger partial charge in [0, 0.05) is 18.7 Å². The zero-order valence-electron chi connectivity index (χ0n) is 14.5. The maximum absolute atomic E-state index is 13.2. The first-order valence-electron chi connectivity index (χ1n) is 7.69. The maximum atomic E-state index is 13.2. The van der Waals surface area contributed by atoms with Gasteiger partial charge in [0.05, 0.1) is 28.2 Å². The van der Waals surface area contributed by atoms with E-state index in [0.717, 1.165) is 10.4 Å². The summed E-state index contributed by atoms with van der Waals surface area (Å²) < 4.78 is 32.1. The minimum atomic E-state index is -4.13. The number of non-ortho nitro benzene ring substituents is 1. The van der Waals surface area contributed by atoms with Crippen LogP contribution in [0.3, 0.4) is 0 Å². The van der Waals surface area contributed by atoms with Gasteiger partial charge >= 0.3 is 5.97 Å². The van der Waals surface area contributed by atoms with E-state index in [1.54, 1.807) is 26.0 Å². The summed E-state index contributed by atoms with van der Waals surface area (Å²) in [7, 11) is -2.93. The minimum absolute atomic E-state index is 0.0263. The molecule has 0 atom stereocenters. The SMILES string of the molecule is CCN(c1ccccc1C(=O)OC)S(=O)(=O)c1cc([N+](=O)[O-])ccc1C. The van der Waals surface area contributed by atoms with E-state index >= 15 is 0 Å². The van der Waals surface area contributed by atoms with Gasteiger partial charge in [-0.05, 0) is 31.5 Å². The van der Waals surface area contributed by atoms with Gasteiger partial charge in [0.15, 0.2) is 0 Å². The van der Waals surface area contributed by atoms with Gasteiger partial charge in [-0.3, -0.25) is 14.4 Å². The van der Waals surface area contributed by atoms with Crippen molar-refractivity contribution in [2.45, 2.75) is 18.7 Å². The molecule has 0 aliphatic rings. The molecule has 2 aromatic carbocycles.